The Morgan fingerprint density at radius 2 is 2.14 bits per heavy atom. The predicted octanol–water partition coefficient (Wildman–Crippen LogP) is 2.99. The molecule has 2 fully saturated rings. The Morgan fingerprint density at radius 1 is 1.38 bits per heavy atom. The molecule has 2 amide bonds. The minimum atomic E-state index is -0.252. The summed E-state index contributed by atoms with van der Waals surface area (Å²) in [7, 11) is 0. The van der Waals surface area contributed by atoms with E-state index in [0.717, 1.165) is 18.4 Å². The third kappa shape index (κ3) is 2.91. The summed E-state index contributed by atoms with van der Waals surface area (Å²) in [6.07, 6.45) is 3.66. The Bertz CT molecular complexity index is 584. The molecule has 0 bridgehead atoms. The molecule has 0 radical (unpaired) electrons. The van der Waals surface area contributed by atoms with Crippen molar-refractivity contribution in [2.24, 2.45) is 5.92 Å². The van der Waals surface area contributed by atoms with Crippen LogP contribution in [0.3, 0.4) is 0 Å². The highest BCUT2D eigenvalue weighted by molar-refractivity contribution is 6.31. The van der Waals surface area contributed by atoms with Crippen LogP contribution in [-0.2, 0) is 9.59 Å². The van der Waals surface area contributed by atoms with Crippen molar-refractivity contribution >= 4 is 29.1 Å². The van der Waals surface area contributed by atoms with Crippen molar-refractivity contribution in [3.8, 4) is 0 Å². The molecule has 1 atom stereocenters. The highest BCUT2D eigenvalue weighted by Gasteiger charge is 2.39. The van der Waals surface area contributed by atoms with E-state index in [1.165, 1.54) is 6.42 Å². The summed E-state index contributed by atoms with van der Waals surface area (Å²) >= 11 is 6.06. The van der Waals surface area contributed by atoms with Gasteiger partial charge in [0.1, 0.15) is 0 Å². The summed E-state index contributed by atoms with van der Waals surface area (Å²) in [4.78, 5) is 26.2. The van der Waals surface area contributed by atoms with Crippen LogP contribution in [0, 0.1) is 12.8 Å². The van der Waals surface area contributed by atoms with Gasteiger partial charge in [-0.05, 0) is 43.9 Å². The molecule has 1 saturated heterocycles. The molecule has 1 aliphatic carbocycles. The number of likely N-dealkylation sites (tertiary alicyclic amines) is 1. The number of hydrogen-bond donors (Lipinski definition) is 1. The maximum absolute atomic E-state index is 12.3. The SMILES string of the molecule is Cc1ccc(NC(=O)C2CC(=O)N(C3CCC3)C2)cc1Cl. The van der Waals surface area contributed by atoms with Crippen molar-refractivity contribution in [1.82, 2.24) is 4.90 Å². The Morgan fingerprint density at radius 3 is 2.76 bits per heavy atom. The van der Waals surface area contributed by atoms with E-state index in [1.54, 1.807) is 6.07 Å². The van der Waals surface area contributed by atoms with Gasteiger partial charge in [-0.2, -0.15) is 0 Å². The van der Waals surface area contributed by atoms with Crippen LogP contribution < -0.4 is 5.32 Å². The maximum Gasteiger partial charge on any atom is 0.229 e. The molecule has 1 aliphatic heterocycles. The summed E-state index contributed by atoms with van der Waals surface area (Å²) in [5.41, 5.74) is 1.66. The quantitative estimate of drug-likeness (QED) is 0.933. The second-order valence-electron chi connectivity index (χ2n) is 5.99. The van der Waals surface area contributed by atoms with E-state index in [9.17, 15) is 9.59 Å². The normalized spacial score (nSPS) is 22.3. The Balaban J connectivity index is 1.63. The van der Waals surface area contributed by atoms with E-state index in [4.69, 9.17) is 11.6 Å². The predicted molar refractivity (Wildman–Crippen MR) is 82.3 cm³/mol. The van der Waals surface area contributed by atoms with Crippen LogP contribution >= 0.6 is 11.6 Å². The molecule has 1 saturated carbocycles. The average Bonchev–Trinajstić information content (AvgIpc) is 2.74. The van der Waals surface area contributed by atoms with Gasteiger partial charge in [0, 0.05) is 29.7 Å². The number of hydrogen-bond acceptors (Lipinski definition) is 2. The second kappa shape index (κ2) is 5.68. The molecule has 0 spiro atoms. The van der Waals surface area contributed by atoms with E-state index in [2.05, 4.69) is 5.32 Å². The Hall–Kier alpha value is -1.55. The zero-order valence-electron chi connectivity index (χ0n) is 12.1. The van der Waals surface area contributed by atoms with Gasteiger partial charge < -0.3 is 10.2 Å². The lowest BCUT2D eigenvalue weighted by molar-refractivity contribution is -0.131. The Labute approximate surface area is 129 Å². The number of amides is 2. The van der Waals surface area contributed by atoms with Gasteiger partial charge in [-0.25, -0.2) is 0 Å². The molecule has 1 unspecified atom stereocenters. The molecular formula is C16H19ClN2O2. The Kier molecular flexibility index (Phi) is 3.89. The summed E-state index contributed by atoms with van der Waals surface area (Å²) in [6, 6.07) is 5.82. The van der Waals surface area contributed by atoms with Gasteiger partial charge in [0.25, 0.3) is 0 Å². The third-order valence-electron chi connectivity index (χ3n) is 4.48. The molecule has 1 aromatic rings. The highest BCUT2D eigenvalue weighted by atomic mass is 35.5. The second-order valence-corrected chi connectivity index (χ2v) is 6.39. The fourth-order valence-electron chi connectivity index (χ4n) is 2.87. The smallest absolute Gasteiger partial charge is 0.229 e. The lowest BCUT2D eigenvalue weighted by atomic mass is 9.92. The lowest BCUT2D eigenvalue weighted by Gasteiger charge is -2.34. The van der Waals surface area contributed by atoms with Crippen LogP contribution in [0.25, 0.3) is 0 Å². The van der Waals surface area contributed by atoms with Gasteiger partial charge in [-0.15, -0.1) is 0 Å². The van der Waals surface area contributed by atoms with Crippen LogP contribution in [0.1, 0.15) is 31.2 Å². The standard InChI is InChI=1S/C16H19ClN2O2/c1-10-5-6-12(8-14(10)17)18-16(21)11-7-15(20)19(9-11)13-3-2-4-13/h5-6,8,11,13H,2-4,7,9H2,1H3,(H,18,21). The van der Waals surface area contributed by atoms with Gasteiger partial charge >= 0.3 is 0 Å². The third-order valence-corrected chi connectivity index (χ3v) is 4.89. The van der Waals surface area contributed by atoms with Gasteiger partial charge in [-0.1, -0.05) is 17.7 Å². The number of halogens is 1. The number of nitrogens with one attached hydrogen (secondary N) is 1. The summed E-state index contributed by atoms with van der Waals surface area (Å²) in [5.74, 6) is -0.231. The van der Waals surface area contributed by atoms with Gasteiger partial charge in [-0.3, -0.25) is 9.59 Å². The van der Waals surface area contributed by atoms with Crippen molar-refractivity contribution in [2.75, 3.05) is 11.9 Å². The lowest BCUT2D eigenvalue weighted by Crippen LogP contribution is -2.41. The first kappa shape index (κ1) is 14.4. The molecular weight excluding hydrogens is 288 g/mol. The molecule has 21 heavy (non-hydrogen) atoms. The summed E-state index contributed by atoms with van der Waals surface area (Å²) < 4.78 is 0. The minimum absolute atomic E-state index is 0.0925. The van der Waals surface area contributed by atoms with Gasteiger partial charge in [0.05, 0.1) is 5.92 Å². The van der Waals surface area contributed by atoms with Crippen molar-refractivity contribution < 1.29 is 9.59 Å². The number of nitrogens with zero attached hydrogens (tertiary/aromatic N) is 1. The first-order valence-electron chi connectivity index (χ1n) is 7.41. The molecule has 1 N–H and O–H groups in total. The molecule has 0 aromatic heterocycles. The minimum Gasteiger partial charge on any atom is -0.339 e. The van der Waals surface area contributed by atoms with Crippen molar-refractivity contribution in [2.45, 2.75) is 38.6 Å². The van der Waals surface area contributed by atoms with E-state index < -0.39 is 0 Å². The van der Waals surface area contributed by atoms with Crippen LogP contribution in [0.5, 0.6) is 0 Å². The number of carbonyl (C=O) groups excluding carboxylic acids is 2. The van der Waals surface area contributed by atoms with E-state index in [1.807, 2.05) is 24.0 Å². The summed E-state index contributed by atoms with van der Waals surface area (Å²) in [6.45, 7) is 2.47. The topological polar surface area (TPSA) is 49.4 Å². The fourth-order valence-corrected chi connectivity index (χ4v) is 3.05. The van der Waals surface area contributed by atoms with E-state index in [-0.39, 0.29) is 17.7 Å². The van der Waals surface area contributed by atoms with Gasteiger partial charge in [0.15, 0.2) is 0 Å². The fraction of sp³-hybridized carbons (Fsp3) is 0.500. The molecule has 3 rings (SSSR count). The summed E-state index contributed by atoms with van der Waals surface area (Å²) in [5, 5.41) is 3.50. The number of carbonyl (C=O) groups is 2. The van der Waals surface area contributed by atoms with E-state index >= 15 is 0 Å². The van der Waals surface area contributed by atoms with E-state index in [0.29, 0.717) is 29.7 Å². The molecule has 112 valence electrons. The molecule has 5 heteroatoms. The molecule has 4 nitrogen and oxygen atoms in total. The number of rotatable bonds is 3. The first-order valence-corrected chi connectivity index (χ1v) is 7.79. The van der Waals surface area contributed by atoms with Crippen LogP contribution in [0.2, 0.25) is 5.02 Å². The van der Waals surface area contributed by atoms with Crippen molar-refractivity contribution in [3.63, 3.8) is 0 Å². The van der Waals surface area contributed by atoms with Crippen LogP contribution in [0.15, 0.2) is 18.2 Å². The van der Waals surface area contributed by atoms with Crippen molar-refractivity contribution in [1.29, 1.82) is 0 Å². The number of benzene rings is 1. The van der Waals surface area contributed by atoms with Crippen LogP contribution in [-0.4, -0.2) is 29.3 Å². The monoisotopic (exact) mass is 306 g/mol. The van der Waals surface area contributed by atoms with Crippen molar-refractivity contribution in [3.05, 3.63) is 28.8 Å². The number of aryl methyl sites for hydroxylation is 1. The average molecular weight is 307 g/mol. The first-order chi connectivity index (χ1) is 10.0. The zero-order valence-corrected chi connectivity index (χ0v) is 12.8. The van der Waals surface area contributed by atoms with Crippen LogP contribution in [0.4, 0.5) is 5.69 Å². The van der Waals surface area contributed by atoms with Gasteiger partial charge in [0.2, 0.25) is 11.8 Å². The molecule has 1 heterocycles. The largest absolute Gasteiger partial charge is 0.339 e. The molecule has 1 aromatic carbocycles. The maximum atomic E-state index is 12.3. The number of anilines is 1. The highest BCUT2D eigenvalue weighted by Crippen LogP contribution is 2.31. The zero-order chi connectivity index (χ0) is 15.0. The molecule has 2 aliphatic rings.